The fraction of sp³-hybridized carbons (Fsp3) is 0.500. The van der Waals surface area contributed by atoms with Crippen molar-refractivity contribution >= 4 is 23.2 Å². The highest BCUT2D eigenvalue weighted by molar-refractivity contribution is 7.80. The van der Waals surface area contributed by atoms with Crippen molar-refractivity contribution in [1.82, 2.24) is 0 Å². The first kappa shape index (κ1) is 9.85. The highest BCUT2D eigenvalue weighted by atomic mass is 32.1. The van der Waals surface area contributed by atoms with Crippen LogP contribution < -0.4 is 0 Å². The number of rotatable bonds is 3. The molecule has 0 saturated carbocycles. The van der Waals surface area contributed by atoms with E-state index in [0.717, 1.165) is 0 Å². The molecule has 1 N–H and O–H groups in total. The number of thiocarbonyl (C=S) groups is 1. The summed E-state index contributed by atoms with van der Waals surface area (Å²) in [5.41, 5.74) is 0. The van der Waals surface area contributed by atoms with Crippen molar-refractivity contribution in [1.29, 1.82) is 5.26 Å². The SMILES string of the molecule is CCOC(=S)C(C#N)C(=O)O. The molecule has 1 unspecified atom stereocenters. The third kappa shape index (κ3) is 2.96. The van der Waals surface area contributed by atoms with E-state index in [1.54, 1.807) is 6.92 Å². The molecule has 60 valence electrons. The number of aliphatic carboxylic acids is 1. The van der Waals surface area contributed by atoms with Gasteiger partial charge in [-0.05, 0) is 19.1 Å². The van der Waals surface area contributed by atoms with Gasteiger partial charge in [0.25, 0.3) is 0 Å². The Hall–Kier alpha value is -1.15. The van der Waals surface area contributed by atoms with Gasteiger partial charge in [0, 0.05) is 0 Å². The average Bonchev–Trinajstić information content (AvgIpc) is 1.88. The van der Waals surface area contributed by atoms with Crippen LogP contribution in [0.15, 0.2) is 0 Å². The normalized spacial score (nSPS) is 11.3. The third-order valence-electron chi connectivity index (χ3n) is 0.898. The van der Waals surface area contributed by atoms with Crippen LogP contribution in [0.5, 0.6) is 0 Å². The molecule has 0 fully saturated rings. The summed E-state index contributed by atoms with van der Waals surface area (Å²) in [6.45, 7) is 1.95. The average molecular weight is 173 g/mol. The zero-order valence-electron chi connectivity index (χ0n) is 5.90. The van der Waals surface area contributed by atoms with Crippen molar-refractivity contribution in [3.63, 3.8) is 0 Å². The zero-order chi connectivity index (χ0) is 8.85. The third-order valence-corrected chi connectivity index (χ3v) is 1.25. The monoisotopic (exact) mass is 173 g/mol. The van der Waals surface area contributed by atoms with Gasteiger partial charge in [-0.3, -0.25) is 4.79 Å². The highest BCUT2D eigenvalue weighted by Gasteiger charge is 2.22. The minimum absolute atomic E-state index is 0.178. The Kier molecular flexibility index (Phi) is 4.15. The predicted octanol–water partition coefficient (Wildman–Crippen LogP) is 0.575. The lowest BCUT2D eigenvalue weighted by Crippen LogP contribution is -2.22. The Morgan fingerprint density at radius 2 is 2.45 bits per heavy atom. The van der Waals surface area contributed by atoms with Crippen LogP contribution in [0.4, 0.5) is 0 Å². The summed E-state index contributed by atoms with van der Waals surface area (Å²) < 4.78 is 4.68. The topological polar surface area (TPSA) is 70.3 Å². The molecule has 1 atom stereocenters. The zero-order valence-corrected chi connectivity index (χ0v) is 6.72. The van der Waals surface area contributed by atoms with Crippen LogP contribution in [0, 0.1) is 17.2 Å². The summed E-state index contributed by atoms with van der Waals surface area (Å²) >= 11 is 4.52. The molecule has 0 rings (SSSR count). The van der Waals surface area contributed by atoms with E-state index >= 15 is 0 Å². The van der Waals surface area contributed by atoms with E-state index in [4.69, 9.17) is 10.4 Å². The summed E-state index contributed by atoms with van der Waals surface area (Å²) in [5.74, 6) is -2.60. The van der Waals surface area contributed by atoms with E-state index in [0.29, 0.717) is 0 Å². The summed E-state index contributed by atoms with van der Waals surface area (Å²) in [6.07, 6.45) is 0. The van der Waals surface area contributed by atoms with E-state index < -0.39 is 11.9 Å². The number of carbonyl (C=O) groups is 1. The van der Waals surface area contributed by atoms with Gasteiger partial charge in [0.2, 0.25) is 5.92 Å². The fourth-order valence-corrected chi connectivity index (χ4v) is 0.706. The van der Waals surface area contributed by atoms with Gasteiger partial charge >= 0.3 is 5.97 Å². The number of carboxylic acids is 1. The molecule has 0 aromatic carbocycles. The van der Waals surface area contributed by atoms with Crippen LogP contribution in [0.2, 0.25) is 0 Å². The van der Waals surface area contributed by atoms with E-state index in [1.165, 1.54) is 6.07 Å². The van der Waals surface area contributed by atoms with Crippen LogP contribution in [-0.2, 0) is 9.53 Å². The maximum absolute atomic E-state index is 10.3. The molecule has 0 aromatic rings. The Bertz CT molecular complexity index is 208. The lowest BCUT2D eigenvalue weighted by molar-refractivity contribution is -0.138. The van der Waals surface area contributed by atoms with Gasteiger partial charge in [0.05, 0.1) is 12.7 Å². The predicted molar refractivity (Wildman–Crippen MR) is 41.0 cm³/mol. The van der Waals surface area contributed by atoms with Crippen molar-refractivity contribution in [2.24, 2.45) is 5.92 Å². The molecule has 4 nitrogen and oxygen atoms in total. The first-order valence-corrected chi connectivity index (χ1v) is 3.33. The molecule has 11 heavy (non-hydrogen) atoms. The minimum Gasteiger partial charge on any atom is -0.485 e. The van der Waals surface area contributed by atoms with E-state index in [-0.39, 0.29) is 11.7 Å². The van der Waals surface area contributed by atoms with Gasteiger partial charge in [-0.15, -0.1) is 0 Å². The number of hydrogen-bond donors (Lipinski definition) is 1. The molecule has 0 spiro atoms. The second-order valence-electron chi connectivity index (χ2n) is 1.65. The van der Waals surface area contributed by atoms with Crippen molar-refractivity contribution < 1.29 is 14.6 Å². The Morgan fingerprint density at radius 1 is 1.91 bits per heavy atom. The van der Waals surface area contributed by atoms with Gasteiger partial charge < -0.3 is 9.84 Å². The molecule has 0 aliphatic carbocycles. The molecule has 0 bridgehead atoms. The second-order valence-corrected chi connectivity index (χ2v) is 2.05. The van der Waals surface area contributed by atoms with Crippen molar-refractivity contribution in [2.75, 3.05) is 6.61 Å². The molecule has 0 aromatic heterocycles. The number of carboxylic acid groups (broad SMARTS) is 1. The van der Waals surface area contributed by atoms with Crippen molar-refractivity contribution in [2.45, 2.75) is 6.92 Å². The molecule has 0 amide bonds. The standard InChI is InChI=1S/C6H7NO3S/c1-2-10-6(11)4(3-7)5(8)9/h4H,2H2,1H3,(H,8,9). The number of ether oxygens (including phenoxy) is 1. The molecule has 0 radical (unpaired) electrons. The lowest BCUT2D eigenvalue weighted by Gasteiger charge is -2.05. The smallest absolute Gasteiger partial charge is 0.329 e. The van der Waals surface area contributed by atoms with Crippen molar-refractivity contribution in [3.8, 4) is 6.07 Å². The Morgan fingerprint density at radius 3 is 2.73 bits per heavy atom. The van der Waals surface area contributed by atoms with Crippen LogP contribution >= 0.6 is 12.2 Å². The van der Waals surface area contributed by atoms with Crippen LogP contribution in [0.1, 0.15) is 6.92 Å². The van der Waals surface area contributed by atoms with Gasteiger partial charge in [0.1, 0.15) is 0 Å². The minimum atomic E-state index is -1.33. The summed E-state index contributed by atoms with van der Waals surface area (Å²) in [5, 5.41) is 16.5. The van der Waals surface area contributed by atoms with E-state index in [1.807, 2.05) is 0 Å². The van der Waals surface area contributed by atoms with Crippen LogP contribution in [-0.4, -0.2) is 22.7 Å². The molecule has 0 saturated heterocycles. The van der Waals surface area contributed by atoms with Crippen LogP contribution in [0.25, 0.3) is 0 Å². The first-order valence-electron chi connectivity index (χ1n) is 2.92. The van der Waals surface area contributed by atoms with Gasteiger partial charge in [-0.25, -0.2) is 0 Å². The lowest BCUT2D eigenvalue weighted by atomic mass is 10.2. The number of hydrogen-bond acceptors (Lipinski definition) is 4. The number of nitriles is 1. The van der Waals surface area contributed by atoms with Crippen LogP contribution in [0.3, 0.4) is 0 Å². The van der Waals surface area contributed by atoms with Gasteiger partial charge in [0.15, 0.2) is 5.05 Å². The Balaban J connectivity index is 4.18. The maximum atomic E-state index is 10.3. The molecular weight excluding hydrogens is 166 g/mol. The highest BCUT2D eigenvalue weighted by Crippen LogP contribution is 2.00. The summed E-state index contributed by atoms with van der Waals surface area (Å²) in [6, 6.07) is 1.52. The molecule has 0 aliphatic rings. The Labute approximate surface area is 69.4 Å². The molecule has 5 heteroatoms. The summed E-state index contributed by atoms with van der Waals surface area (Å²) in [4.78, 5) is 10.3. The van der Waals surface area contributed by atoms with Gasteiger partial charge in [-0.1, -0.05) is 0 Å². The fourth-order valence-electron chi connectivity index (χ4n) is 0.434. The first-order chi connectivity index (χ1) is 5.13. The summed E-state index contributed by atoms with van der Waals surface area (Å²) in [7, 11) is 0. The molecular formula is C6H7NO3S. The van der Waals surface area contributed by atoms with Gasteiger partial charge in [-0.2, -0.15) is 5.26 Å². The molecule has 0 heterocycles. The largest absolute Gasteiger partial charge is 0.485 e. The quantitative estimate of drug-likeness (QED) is 0.632. The number of nitrogens with zero attached hydrogens (tertiary/aromatic N) is 1. The van der Waals surface area contributed by atoms with E-state index in [2.05, 4.69) is 17.0 Å². The second kappa shape index (κ2) is 4.63. The van der Waals surface area contributed by atoms with E-state index in [9.17, 15) is 4.79 Å². The van der Waals surface area contributed by atoms with Crippen molar-refractivity contribution in [3.05, 3.63) is 0 Å². The maximum Gasteiger partial charge on any atom is 0.329 e. The molecule has 0 aliphatic heterocycles.